The van der Waals surface area contributed by atoms with Crippen molar-refractivity contribution in [2.24, 2.45) is 5.73 Å². The molecule has 0 amide bonds. The SMILES string of the molecule is CCC=CCC=CCC=CCC=CCC=CCCCCCC(=O)OCC(N)CO. The van der Waals surface area contributed by atoms with E-state index in [0.717, 1.165) is 57.8 Å². The van der Waals surface area contributed by atoms with Crippen molar-refractivity contribution in [2.45, 2.75) is 77.2 Å². The van der Waals surface area contributed by atoms with Crippen molar-refractivity contribution in [1.29, 1.82) is 0 Å². The van der Waals surface area contributed by atoms with Gasteiger partial charge in [-0.25, -0.2) is 0 Å². The number of esters is 1. The fourth-order valence-electron chi connectivity index (χ4n) is 2.40. The second kappa shape index (κ2) is 22.4. The van der Waals surface area contributed by atoms with Crippen LogP contribution in [0.5, 0.6) is 0 Å². The number of carbonyl (C=O) groups is 1. The van der Waals surface area contributed by atoms with Gasteiger partial charge < -0.3 is 15.6 Å². The molecular formula is C25H41NO3. The van der Waals surface area contributed by atoms with Gasteiger partial charge in [-0.05, 0) is 51.4 Å². The Morgan fingerprint density at radius 1 is 0.828 bits per heavy atom. The zero-order valence-electron chi connectivity index (χ0n) is 18.2. The van der Waals surface area contributed by atoms with E-state index in [4.69, 9.17) is 15.6 Å². The second-order valence-electron chi connectivity index (χ2n) is 6.93. The second-order valence-corrected chi connectivity index (χ2v) is 6.93. The molecule has 0 rings (SSSR count). The third kappa shape index (κ3) is 22.2. The lowest BCUT2D eigenvalue weighted by molar-refractivity contribution is -0.144. The van der Waals surface area contributed by atoms with Gasteiger partial charge >= 0.3 is 5.97 Å². The molecule has 0 spiro atoms. The summed E-state index contributed by atoms with van der Waals surface area (Å²) in [5.74, 6) is -0.233. The predicted molar refractivity (Wildman–Crippen MR) is 124 cm³/mol. The molecule has 0 aromatic rings. The molecule has 0 saturated carbocycles. The van der Waals surface area contributed by atoms with Crippen molar-refractivity contribution >= 4 is 5.97 Å². The average molecular weight is 404 g/mol. The minimum atomic E-state index is -0.478. The van der Waals surface area contributed by atoms with Crippen LogP contribution in [0.2, 0.25) is 0 Å². The number of allylic oxidation sites excluding steroid dienone is 10. The third-order valence-electron chi connectivity index (χ3n) is 4.10. The summed E-state index contributed by atoms with van der Waals surface area (Å²) in [6.45, 7) is 2.08. The van der Waals surface area contributed by atoms with Gasteiger partial charge in [0.15, 0.2) is 0 Å². The van der Waals surface area contributed by atoms with Gasteiger partial charge in [-0.15, -0.1) is 0 Å². The molecule has 0 radical (unpaired) electrons. The maximum absolute atomic E-state index is 11.5. The average Bonchev–Trinajstić information content (AvgIpc) is 2.73. The number of ether oxygens (including phenoxy) is 1. The van der Waals surface area contributed by atoms with Crippen LogP contribution >= 0.6 is 0 Å². The summed E-state index contributed by atoms with van der Waals surface area (Å²) in [7, 11) is 0. The third-order valence-corrected chi connectivity index (χ3v) is 4.10. The fourth-order valence-corrected chi connectivity index (χ4v) is 2.40. The molecule has 0 aliphatic heterocycles. The number of hydrogen-bond acceptors (Lipinski definition) is 4. The molecule has 0 aliphatic rings. The van der Waals surface area contributed by atoms with Crippen LogP contribution in [0.25, 0.3) is 0 Å². The van der Waals surface area contributed by atoms with Crippen LogP contribution in [0, 0.1) is 0 Å². The van der Waals surface area contributed by atoms with E-state index in [9.17, 15) is 4.79 Å². The van der Waals surface area contributed by atoms with Crippen LogP contribution in [0.3, 0.4) is 0 Å². The van der Waals surface area contributed by atoms with E-state index in [1.165, 1.54) is 0 Å². The van der Waals surface area contributed by atoms with E-state index in [1.807, 2.05) is 0 Å². The molecule has 0 fully saturated rings. The van der Waals surface area contributed by atoms with E-state index in [0.29, 0.717) is 6.42 Å². The van der Waals surface area contributed by atoms with Crippen molar-refractivity contribution < 1.29 is 14.6 Å². The molecule has 1 unspecified atom stereocenters. The molecule has 0 saturated heterocycles. The van der Waals surface area contributed by atoms with Gasteiger partial charge in [-0.2, -0.15) is 0 Å². The van der Waals surface area contributed by atoms with Crippen LogP contribution in [0.15, 0.2) is 60.8 Å². The van der Waals surface area contributed by atoms with Gasteiger partial charge in [0.25, 0.3) is 0 Å². The highest BCUT2D eigenvalue weighted by Gasteiger charge is 2.06. The van der Waals surface area contributed by atoms with E-state index < -0.39 is 6.04 Å². The molecule has 29 heavy (non-hydrogen) atoms. The largest absolute Gasteiger partial charge is 0.464 e. The quantitative estimate of drug-likeness (QED) is 0.179. The predicted octanol–water partition coefficient (Wildman–Crippen LogP) is 5.55. The molecule has 0 aromatic heterocycles. The Kier molecular flexibility index (Phi) is 20.9. The Morgan fingerprint density at radius 3 is 1.86 bits per heavy atom. The smallest absolute Gasteiger partial charge is 0.305 e. The van der Waals surface area contributed by atoms with Crippen LogP contribution in [-0.2, 0) is 9.53 Å². The van der Waals surface area contributed by atoms with Gasteiger partial charge in [-0.3, -0.25) is 4.79 Å². The van der Waals surface area contributed by atoms with E-state index >= 15 is 0 Å². The van der Waals surface area contributed by atoms with Crippen LogP contribution in [-0.4, -0.2) is 30.3 Å². The maximum atomic E-state index is 11.5. The van der Waals surface area contributed by atoms with E-state index in [-0.39, 0.29) is 19.2 Å². The van der Waals surface area contributed by atoms with Crippen molar-refractivity contribution in [1.82, 2.24) is 0 Å². The van der Waals surface area contributed by atoms with Gasteiger partial charge in [0.1, 0.15) is 6.61 Å². The highest BCUT2D eigenvalue weighted by Crippen LogP contribution is 2.05. The zero-order valence-corrected chi connectivity index (χ0v) is 18.2. The number of hydrogen-bond donors (Lipinski definition) is 2. The normalized spacial score (nSPS) is 13.6. The first-order valence-electron chi connectivity index (χ1n) is 11.0. The minimum Gasteiger partial charge on any atom is -0.464 e. The van der Waals surface area contributed by atoms with Crippen LogP contribution < -0.4 is 5.73 Å². The van der Waals surface area contributed by atoms with E-state index in [2.05, 4.69) is 67.7 Å². The number of aliphatic hydroxyl groups is 1. The molecule has 0 heterocycles. The lowest BCUT2D eigenvalue weighted by Crippen LogP contribution is -2.31. The first-order chi connectivity index (χ1) is 14.2. The summed E-state index contributed by atoms with van der Waals surface area (Å²) in [6, 6.07) is -0.478. The summed E-state index contributed by atoms with van der Waals surface area (Å²) in [6.07, 6.45) is 31.5. The Hall–Kier alpha value is -1.91. The van der Waals surface area contributed by atoms with Crippen molar-refractivity contribution in [3.63, 3.8) is 0 Å². The van der Waals surface area contributed by atoms with Crippen molar-refractivity contribution in [3.8, 4) is 0 Å². The summed E-state index contributed by atoms with van der Waals surface area (Å²) in [5.41, 5.74) is 5.48. The van der Waals surface area contributed by atoms with Gasteiger partial charge in [0, 0.05) is 6.42 Å². The van der Waals surface area contributed by atoms with Crippen LogP contribution in [0.1, 0.15) is 71.1 Å². The molecular weight excluding hydrogens is 362 g/mol. The molecule has 3 N–H and O–H groups in total. The number of aliphatic hydroxyl groups excluding tert-OH is 1. The van der Waals surface area contributed by atoms with Gasteiger partial charge in [0.2, 0.25) is 0 Å². The zero-order chi connectivity index (χ0) is 21.4. The first-order valence-corrected chi connectivity index (χ1v) is 11.0. The first kappa shape index (κ1) is 27.1. The lowest BCUT2D eigenvalue weighted by atomic mass is 10.1. The summed E-state index contributed by atoms with van der Waals surface area (Å²) >= 11 is 0. The molecule has 4 heteroatoms. The Balaban J connectivity index is 3.47. The topological polar surface area (TPSA) is 72.5 Å². The molecule has 164 valence electrons. The van der Waals surface area contributed by atoms with Gasteiger partial charge in [0.05, 0.1) is 12.6 Å². The number of nitrogens with two attached hydrogens (primary N) is 1. The number of unbranched alkanes of at least 4 members (excludes halogenated alkanes) is 3. The monoisotopic (exact) mass is 403 g/mol. The Bertz CT molecular complexity index is 518. The molecule has 4 nitrogen and oxygen atoms in total. The van der Waals surface area contributed by atoms with Crippen molar-refractivity contribution in [2.75, 3.05) is 13.2 Å². The number of carbonyl (C=O) groups excluding carboxylic acids is 1. The van der Waals surface area contributed by atoms with Gasteiger partial charge in [-0.1, -0.05) is 74.1 Å². The summed E-state index contributed by atoms with van der Waals surface area (Å²) < 4.78 is 4.98. The highest BCUT2D eigenvalue weighted by atomic mass is 16.5. The fraction of sp³-hybridized carbons (Fsp3) is 0.560. The molecule has 0 aromatic carbocycles. The molecule has 0 aliphatic carbocycles. The summed E-state index contributed by atoms with van der Waals surface area (Å²) in [4.78, 5) is 11.5. The molecule has 1 atom stereocenters. The number of rotatable bonds is 18. The van der Waals surface area contributed by atoms with Crippen LogP contribution in [0.4, 0.5) is 0 Å². The highest BCUT2D eigenvalue weighted by molar-refractivity contribution is 5.69. The van der Waals surface area contributed by atoms with E-state index in [1.54, 1.807) is 0 Å². The summed E-state index contributed by atoms with van der Waals surface area (Å²) in [5, 5.41) is 8.76. The maximum Gasteiger partial charge on any atom is 0.305 e. The Morgan fingerprint density at radius 2 is 1.34 bits per heavy atom. The minimum absolute atomic E-state index is 0.0926. The standard InChI is InChI=1S/C25H41NO3/c1-2-3-4-5-6-7-8-9-10-11-12-13-14-15-16-17-18-19-20-21-25(28)29-23-24(26)22-27/h3-4,6-7,9-10,12-13,15-16,24,27H,2,5,8,11,14,17-23,26H2,1H3. The molecule has 0 bridgehead atoms. The Labute approximate surface area is 177 Å². The lowest BCUT2D eigenvalue weighted by Gasteiger charge is -2.08. The van der Waals surface area contributed by atoms with Crippen molar-refractivity contribution in [3.05, 3.63) is 60.8 Å².